The van der Waals surface area contributed by atoms with Crippen molar-refractivity contribution in [1.82, 2.24) is 14.4 Å². The van der Waals surface area contributed by atoms with Crippen LogP contribution in [-0.2, 0) is 10.0 Å². The van der Waals surface area contributed by atoms with E-state index >= 15 is 0 Å². The van der Waals surface area contributed by atoms with E-state index in [1.54, 1.807) is 18.2 Å². The van der Waals surface area contributed by atoms with Crippen molar-refractivity contribution < 1.29 is 17.7 Å². The van der Waals surface area contributed by atoms with Crippen LogP contribution in [0.4, 0.5) is 0 Å². The normalized spacial score (nSPS) is 19.1. The van der Waals surface area contributed by atoms with Crippen LogP contribution in [0.3, 0.4) is 0 Å². The molecule has 124 valence electrons. The summed E-state index contributed by atoms with van der Waals surface area (Å²) in [7, 11) is -3.53. The molecule has 2 heterocycles. The van der Waals surface area contributed by atoms with Crippen LogP contribution in [0, 0.1) is 6.92 Å². The highest BCUT2D eigenvalue weighted by Crippen LogP contribution is 2.30. The fourth-order valence-corrected chi connectivity index (χ4v) is 4.35. The summed E-state index contributed by atoms with van der Waals surface area (Å²) in [4.78, 5) is 4.30. The molecule has 1 aromatic heterocycles. The summed E-state index contributed by atoms with van der Waals surface area (Å²) in [5, 5.41) is 3.81. The number of aromatic nitrogens is 2. The first kappa shape index (κ1) is 15.9. The fourth-order valence-electron chi connectivity index (χ4n) is 2.76. The zero-order valence-corrected chi connectivity index (χ0v) is 13.9. The Labute approximate surface area is 135 Å². The van der Waals surface area contributed by atoms with Gasteiger partial charge in [-0.15, -0.1) is 0 Å². The lowest BCUT2D eigenvalue weighted by molar-refractivity contribution is 0.337. The topological polar surface area (TPSA) is 85.5 Å². The monoisotopic (exact) mass is 337 g/mol. The minimum atomic E-state index is -3.53. The number of sulfonamides is 1. The second kappa shape index (κ2) is 6.29. The van der Waals surface area contributed by atoms with Crippen molar-refractivity contribution in [3.8, 4) is 5.75 Å². The van der Waals surface area contributed by atoms with Crippen molar-refractivity contribution in [3.63, 3.8) is 0 Å². The minimum absolute atomic E-state index is 0.0210. The molecule has 1 fully saturated rings. The highest BCUT2D eigenvalue weighted by Gasteiger charge is 2.35. The smallest absolute Gasteiger partial charge is 0.243 e. The molecule has 0 amide bonds. The third-order valence-electron chi connectivity index (χ3n) is 3.98. The van der Waals surface area contributed by atoms with E-state index in [1.165, 1.54) is 10.7 Å². The van der Waals surface area contributed by atoms with Crippen molar-refractivity contribution in [3.05, 3.63) is 36.0 Å². The molecule has 3 rings (SSSR count). The minimum Gasteiger partial charge on any atom is -0.494 e. The molecule has 23 heavy (non-hydrogen) atoms. The molecule has 0 radical (unpaired) electrons. The van der Waals surface area contributed by atoms with Gasteiger partial charge < -0.3 is 9.26 Å². The number of nitrogens with zero attached hydrogens (tertiary/aromatic N) is 3. The van der Waals surface area contributed by atoms with Gasteiger partial charge in [-0.05, 0) is 44.0 Å². The standard InChI is InChI=1S/C15H19N3O4S/c1-3-21-14-5-4-13(8-11(14)2)23(19,20)18-7-6-12(9-18)15-16-10-22-17-15/h4-5,8,10,12H,3,6-7,9H2,1-2H3/t12-/m1/s1. The number of benzene rings is 1. The van der Waals surface area contributed by atoms with Crippen molar-refractivity contribution in [2.75, 3.05) is 19.7 Å². The van der Waals surface area contributed by atoms with E-state index in [-0.39, 0.29) is 10.8 Å². The van der Waals surface area contributed by atoms with Crippen molar-refractivity contribution >= 4 is 10.0 Å². The van der Waals surface area contributed by atoms with Crippen LogP contribution in [0.25, 0.3) is 0 Å². The summed E-state index contributed by atoms with van der Waals surface area (Å²) in [6.07, 6.45) is 1.96. The van der Waals surface area contributed by atoms with Crippen molar-refractivity contribution in [2.45, 2.75) is 31.1 Å². The van der Waals surface area contributed by atoms with E-state index in [4.69, 9.17) is 9.26 Å². The molecule has 2 aromatic rings. The van der Waals surface area contributed by atoms with Gasteiger partial charge in [0, 0.05) is 19.0 Å². The van der Waals surface area contributed by atoms with Gasteiger partial charge in [0.2, 0.25) is 16.4 Å². The second-order valence-electron chi connectivity index (χ2n) is 5.50. The van der Waals surface area contributed by atoms with E-state index in [1.807, 2.05) is 13.8 Å². The molecule has 1 saturated heterocycles. The Morgan fingerprint density at radius 2 is 2.26 bits per heavy atom. The van der Waals surface area contributed by atoms with Gasteiger partial charge in [-0.25, -0.2) is 8.42 Å². The summed E-state index contributed by atoms with van der Waals surface area (Å²) in [6, 6.07) is 4.95. The van der Waals surface area contributed by atoms with Gasteiger partial charge in [-0.3, -0.25) is 0 Å². The third-order valence-corrected chi connectivity index (χ3v) is 5.84. The maximum atomic E-state index is 12.8. The largest absolute Gasteiger partial charge is 0.494 e. The Morgan fingerprint density at radius 3 is 2.91 bits per heavy atom. The predicted octanol–water partition coefficient (Wildman–Crippen LogP) is 1.95. The first-order valence-corrected chi connectivity index (χ1v) is 8.96. The van der Waals surface area contributed by atoms with Crippen LogP contribution in [0.1, 0.15) is 30.7 Å². The lowest BCUT2D eigenvalue weighted by Gasteiger charge is -2.17. The zero-order valence-electron chi connectivity index (χ0n) is 13.1. The quantitative estimate of drug-likeness (QED) is 0.829. The van der Waals surface area contributed by atoms with Gasteiger partial charge in [0.25, 0.3) is 0 Å². The van der Waals surface area contributed by atoms with Gasteiger partial charge in [-0.2, -0.15) is 9.29 Å². The van der Waals surface area contributed by atoms with Crippen LogP contribution < -0.4 is 4.74 Å². The number of rotatable bonds is 5. The van der Waals surface area contributed by atoms with Gasteiger partial charge in [0.05, 0.1) is 11.5 Å². The van der Waals surface area contributed by atoms with Crippen LogP contribution in [0.2, 0.25) is 0 Å². The molecule has 0 aliphatic carbocycles. The van der Waals surface area contributed by atoms with Gasteiger partial charge in [-0.1, -0.05) is 5.16 Å². The van der Waals surface area contributed by atoms with E-state index in [2.05, 4.69) is 10.1 Å². The first-order valence-electron chi connectivity index (χ1n) is 7.52. The average Bonchev–Trinajstić information content (AvgIpc) is 3.20. The molecule has 1 atom stereocenters. The molecule has 8 heteroatoms. The Balaban J connectivity index is 1.81. The van der Waals surface area contributed by atoms with Crippen LogP contribution in [-0.4, -0.2) is 42.6 Å². The molecule has 1 aliphatic rings. The lowest BCUT2D eigenvalue weighted by atomic mass is 10.1. The number of aryl methyl sites for hydroxylation is 1. The fraction of sp³-hybridized carbons (Fsp3) is 0.467. The summed E-state index contributed by atoms with van der Waals surface area (Å²) in [5.41, 5.74) is 0.807. The number of hydrogen-bond acceptors (Lipinski definition) is 6. The molecule has 1 aliphatic heterocycles. The first-order chi connectivity index (χ1) is 11.0. The molecule has 0 saturated carbocycles. The highest BCUT2D eigenvalue weighted by molar-refractivity contribution is 7.89. The van der Waals surface area contributed by atoms with Gasteiger partial charge in [0.15, 0.2) is 5.82 Å². The average molecular weight is 337 g/mol. The Hall–Kier alpha value is -1.93. The van der Waals surface area contributed by atoms with Crippen LogP contribution in [0.5, 0.6) is 5.75 Å². The van der Waals surface area contributed by atoms with E-state index in [0.29, 0.717) is 37.7 Å². The summed E-state index contributed by atoms with van der Waals surface area (Å²) >= 11 is 0. The van der Waals surface area contributed by atoms with E-state index in [9.17, 15) is 8.42 Å². The molecule has 7 nitrogen and oxygen atoms in total. The molecule has 0 unspecified atom stereocenters. The molecular weight excluding hydrogens is 318 g/mol. The maximum Gasteiger partial charge on any atom is 0.243 e. The number of ether oxygens (including phenoxy) is 1. The highest BCUT2D eigenvalue weighted by atomic mass is 32.2. The summed E-state index contributed by atoms with van der Waals surface area (Å²) in [5.74, 6) is 1.25. The van der Waals surface area contributed by atoms with Gasteiger partial charge in [0.1, 0.15) is 5.75 Å². The Morgan fingerprint density at radius 1 is 1.43 bits per heavy atom. The second-order valence-corrected chi connectivity index (χ2v) is 7.44. The molecule has 0 spiro atoms. The maximum absolute atomic E-state index is 12.8. The summed E-state index contributed by atoms with van der Waals surface area (Å²) < 4.78 is 37.3. The van der Waals surface area contributed by atoms with Crippen molar-refractivity contribution in [2.24, 2.45) is 0 Å². The molecule has 1 aromatic carbocycles. The molecular formula is C15H19N3O4S. The molecule has 0 N–H and O–H groups in total. The number of hydrogen-bond donors (Lipinski definition) is 0. The predicted molar refractivity (Wildman–Crippen MR) is 82.8 cm³/mol. The SMILES string of the molecule is CCOc1ccc(S(=O)(=O)N2CC[C@@H](c3ncon3)C2)cc1C. The lowest BCUT2D eigenvalue weighted by Crippen LogP contribution is -2.28. The summed E-state index contributed by atoms with van der Waals surface area (Å²) in [6.45, 7) is 5.11. The van der Waals surface area contributed by atoms with Crippen LogP contribution >= 0.6 is 0 Å². The van der Waals surface area contributed by atoms with E-state index < -0.39 is 10.0 Å². The van der Waals surface area contributed by atoms with Gasteiger partial charge >= 0.3 is 0 Å². The third kappa shape index (κ3) is 3.09. The van der Waals surface area contributed by atoms with Crippen LogP contribution in [0.15, 0.2) is 34.0 Å². The Kier molecular flexibility index (Phi) is 4.36. The van der Waals surface area contributed by atoms with E-state index in [0.717, 1.165) is 5.56 Å². The Bertz CT molecular complexity index is 774. The van der Waals surface area contributed by atoms with Crippen molar-refractivity contribution in [1.29, 1.82) is 0 Å². The molecule has 0 bridgehead atoms. The zero-order chi connectivity index (χ0) is 16.4.